The van der Waals surface area contributed by atoms with Gasteiger partial charge in [-0.1, -0.05) is 17.7 Å². The minimum atomic E-state index is -0.303. The summed E-state index contributed by atoms with van der Waals surface area (Å²) in [6.07, 6.45) is 0.457. The summed E-state index contributed by atoms with van der Waals surface area (Å²) in [5.74, 6) is 1.08. The van der Waals surface area contributed by atoms with Crippen LogP contribution in [0.4, 0.5) is 5.82 Å². The highest BCUT2D eigenvalue weighted by molar-refractivity contribution is 7.13. The molecule has 0 radical (unpaired) electrons. The average Bonchev–Trinajstić information content (AvgIpc) is 3.28. The number of rotatable bonds is 3. The third kappa shape index (κ3) is 3.25. The lowest BCUT2D eigenvalue weighted by Crippen LogP contribution is -2.22. The second-order valence-electron chi connectivity index (χ2n) is 6.49. The van der Waals surface area contributed by atoms with Gasteiger partial charge in [-0.2, -0.15) is 0 Å². The van der Waals surface area contributed by atoms with Crippen molar-refractivity contribution >= 4 is 17.2 Å². The number of pyridine rings is 1. The second-order valence-corrected chi connectivity index (χ2v) is 7.43. The maximum absolute atomic E-state index is 10.3. The Bertz CT molecular complexity index is 893. The number of anilines is 1. The van der Waals surface area contributed by atoms with E-state index >= 15 is 0 Å². The zero-order chi connectivity index (χ0) is 17.4. The summed E-state index contributed by atoms with van der Waals surface area (Å²) in [5, 5.41) is 22.2. The van der Waals surface area contributed by atoms with Crippen LogP contribution in [0.2, 0.25) is 0 Å². The summed E-state index contributed by atoms with van der Waals surface area (Å²) in [6.45, 7) is 3.39. The topological polar surface area (TPSA) is 56.6 Å². The van der Waals surface area contributed by atoms with Gasteiger partial charge in [0.2, 0.25) is 0 Å². The number of nitrogens with zero attached hydrogens (tertiary/aromatic N) is 2. The lowest BCUT2D eigenvalue weighted by Gasteiger charge is -2.19. The maximum Gasteiger partial charge on any atom is 0.129 e. The van der Waals surface area contributed by atoms with Gasteiger partial charge in [0.25, 0.3) is 0 Å². The van der Waals surface area contributed by atoms with E-state index in [-0.39, 0.29) is 11.9 Å². The molecule has 1 atom stereocenters. The van der Waals surface area contributed by atoms with E-state index in [1.807, 2.05) is 31.2 Å². The minimum Gasteiger partial charge on any atom is -0.507 e. The smallest absolute Gasteiger partial charge is 0.129 e. The summed E-state index contributed by atoms with van der Waals surface area (Å²) in [5.41, 5.74) is 3.65. The molecule has 4 nitrogen and oxygen atoms in total. The van der Waals surface area contributed by atoms with Crippen molar-refractivity contribution in [2.75, 3.05) is 18.0 Å². The number of β-amino-alcohol motifs (C(OH)–C–C–N with tert-alkyl or cyclic N) is 1. The van der Waals surface area contributed by atoms with Crippen LogP contribution in [0.1, 0.15) is 12.0 Å². The van der Waals surface area contributed by atoms with Crippen LogP contribution in [0.25, 0.3) is 21.7 Å². The molecule has 3 aromatic rings. The van der Waals surface area contributed by atoms with E-state index in [1.165, 1.54) is 0 Å². The van der Waals surface area contributed by atoms with Crippen molar-refractivity contribution in [2.45, 2.75) is 19.4 Å². The van der Waals surface area contributed by atoms with E-state index in [0.29, 0.717) is 6.54 Å². The molecule has 128 valence electrons. The van der Waals surface area contributed by atoms with Gasteiger partial charge in [-0.05, 0) is 54.6 Å². The molecule has 25 heavy (non-hydrogen) atoms. The highest BCUT2D eigenvalue weighted by Crippen LogP contribution is 2.35. The lowest BCUT2D eigenvalue weighted by atomic mass is 10.0. The SMILES string of the molecule is Cc1ccc(O)c(-c2cc(-c3cccs3)cc(N3CCC(O)C3)n2)c1. The Hall–Kier alpha value is -2.37. The summed E-state index contributed by atoms with van der Waals surface area (Å²) in [7, 11) is 0. The first-order valence-corrected chi connectivity index (χ1v) is 9.27. The van der Waals surface area contributed by atoms with E-state index in [1.54, 1.807) is 17.4 Å². The number of aliphatic hydroxyl groups is 1. The van der Waals surface area contributed by atoms with Crippen molar-refractivity contribution in [3.05, 3.63) is 53.4 Å². The Balaban J connectivity index is 1.85. The standard InChI is InChI=1S/C20H20N2O2S/c1-13-4-5-18(24)16(9-13)17-10-14(19-3-2-8-25-19)11-20(21-17)22-7-6-15(23)12-22/h2-5,8-11,15,23-24H,6-7,12H2,1H3. The molecule has 1 saturated heterocycles. The summed E-state index contributed by atoms with van der Waals surface area (Å²) in [6, 6.07) is 13.8. The molecule has 0 saturated carbocycles. The average molecular weight is 352 g/mol. The number of benzene rings is 1. The number of aromatic hydroxyl groups is 1. The van der Waals surface area contributed by atoms with Crippen LogP contribution in [0, 0.1) is 6.92 Å². The van der Waals surface area contributed by atoms with Gasteiger partial charge >= 0.3 is 0 Å². The molecule has 0 bridgehead atoms. The third-order valence-corrected chi connectivity index (χ3v) is 5.45. The van der Waals surface area contributed by atoms with E-state index in [2.05, 4.69) is 22.4 Å². The second kappa shape index (κ2) is 6.50. The zero-order valence-corrected chi connectivity index (χ0v) is 14.8. The molecule has 1 fully saturated rings. The van der Waals surface area contributed by atoms with Crippen LogP contribution >= 0.6 is 11.3 Å². The van der Waals surface area contributed by atoms with Crippen LogP contribution in [0.15, 0.2) is 47.8 Å². The van der Waals surface area contributed by atoms with Crippen molar-refractivity contribution < 1.29 is 10.2 Å². The summed E-state index contributed by atoms with van der Waals surface area (Å²) < 4.78 is 0. The molecule has 0 amide bonds. The minimum absolute atomic E-state index is 0.230. The van der Waals surface area contributed by atoms with Gasteiger partial charge in [-0.15, -0.1) is 11.3 Å². The number of aliphatic hydroxyl groups excluding tert-OH is 1. The summed E-state index contributed by atoms with van der Waals surface area (Å²) >= 11 is 1.68. The molecular weight excluding hydrogens is 332 g/mol. The molecule has 2 aromatic heterocycles. The van der Waals surface area contributed by atoms with Gasteiger partial charge < -0.3 is 15.1 Å². The fourth-order valence-corrected chi connectivity index (χ4v) is 3.92. The molecule has 0 spiro atoms. The highest BCUT2D eigenvalue weighted by atomic mass is 32.1. The Morgan fingerprint density at radius 1 is 1.20 bits per heavy atom. The monoisotopic (exact) mass is 352 g/mol. The molecule has 0 aliphatic carbocycles. The molecule has 1 unspecified atom stereocenters. The van der Waals surface area contributed by atoms with E-state index in [0.717, 1.165) is 46.0 Å². The van der Waals surface area contributed by atoms with E-state index in [4.69, 9.17) is 4.98 Å². The molecule has 5 heteroatoms. The van der Waals surface area contributed by atoms with Crippen LogP contribution < -0.4 is 4.90 Å². The first-order chi connectivity index (χ1) is 12.1. The molecule has 2 N–H and O–H groups in total. The molecule has 1 aromatic carbocycles. The molecular formula is C20H20N2O2S. The predicted octanol–water partition coefficient (Wildman–Crippen LogP) is 4.06. The first kappa shape index (κ1) is 16.1. The van der Waals surface area contributed by atoms with Gasteiger partial charge in [-0.25, -0.2) is 4.98 Å². The van der Waals surface area contributed by atoms with E-state index in [9.17, 15) is 10.2 Å². The highest BCUT2D eigenvalue weighted by Gasteiger charge is 2.23. The fourth-order valence-electron chi connectivity index (χ4n) is 3.21. The van der Waals surface area contributed by atoms with Crippen molar-refractivity contribution in [3.63, 3.8) is 0 Å². The van der Waals surface area contributed by atoms with Gasteiger partial charge in [0.1, 0.15) is 11.6 Å². The molecule has 1 aliphatic heterocycles. The number of hydrogen-bond donors (Lipinski definition) is 2. The van der Waals surface area contributed by atoms with Crippen molar-refractivity contribution in [2.24, 2.45) is 0 Å². The van der Waals surface area contributed by atoms with Crippen LogP contribution in [-0.2, 0) is 0 Å². The number of phenols is 1. The quantitative estimate of drug-likeness (QED) is 0.746. The number of phenolic OH excluding ortho intramolecular Hbond substituents is 1. The fraction of sp³-hybridized carbons (Fsp3) is 0.250. The zero-order valence-electron chi connectivity index (χ0n) is 14.0. The lowest BCUT2D eigenvalue weighted by molar-refractivity contribution is 0.198. The number of hydrogen-bond acceptors (Lipinski definition) is 5. The van der Waals surface area contributed by atoms with Crippen LogP contribution in [-0.4, -0.2) is 34.4 Å². The molecule has 3 heterocycles. The Labute approximate surface area is 151 Å². The van der Waals surface area contributed by atoms with Gasteiger partial charge in [0, 0.05) is 23.5 Å². The first-order valence-electron chi connectivity index (χ1n) is 8.39. The van der Waals surface area contributed by atoms with Crippen LogP contribution in [0.3, 0.4) is 0 Å². The number of thiophene rings is 1. The van der Waals surface area contributed by atoms with Crippen LogP contribution in [0.5, 0.6) is 5.75 Å². The van der Waals surface area contributed by atoms with E-state index < -0.39 is 0 Å². The Morgan fingerprint density at radius 2 is 2.08 bits per heavy atom. The maximum atomic E-state index is 10.3. The number of aryl methyl sites for hydroxylation is 1. The van der Waals surface area contributed by atoms with Gasteiger partial charge in [0.05, 0.1) is 11.8 Å². The van der Waals surface area contributed by atoms with Crippen molar-refractivity contribution in [3.8, 4) is 27.4 Å². The Kier molecular flexibility index (Phi) is 4.19. The molecule has 4 rings (SSSR count). The van der Waals surface area contributed by atoms with Crippen molar-refractivity contribution in [1.29, 1.82) is 0 Å². The number of aromatic nitrogens is 1. The third-order valence-electron chi connectivity index (χ3n) is 4.53. The van der Waals surface area contributed by atoms with Gasteiger partial charge in [-0.3, -0.25) is 0 Å². The normalized spacial score (nSPS) is 17.2. The summed E-state index contributed by atoms with van der Waals surface area (Å²) in [4.78, 5) is 8.06. The predicted molar refractivity (Wildman–Crippen MR) is 102 cm³/mol. The Morgan fingerprint density at radius 3 is 2.80 bits per heavy atom. The van der Waals surface area contributed by atoms with Gasteiger partial charge in [0.15, 0.2) is 0 Å². The molecule has 1 aliphatic rings. The largest absolute Gasteiger partial charge is 0.507 e. The van der Waals surface area contributed by atoms with Crippen molar-refractivity contribution in [1.82, 2.24) is 4.98 Å².